The molecule has 2 aliphatic heterocycles. The molecular formula is C49H47BN2O. The zero-order valence-electron chi connectivity index (χ0n) is 31.4. The van der Waals surface area contributed by atoms with Gasteiger partial charge in [-0.15, -0.1) is 0 Å². The quantitative estimate of drug-likeness (QED) is 0.171. The Morgan fingerprint density at radius 1 is 0.623 bits per heavy atom. The number of hydrogen-bond acceptors (Lipinski definition) is 3. The number of anilines is 6. The summed E-state index contributed by atoms with van der Waals surface area (Å²) in [6.07, 6.45) is 8.42. The van der Waals surface area contributed by atoms with Crippen molar-refractivity contribution in [1.82, 2.24) is 0 Å². The van der Waals surface area contributed by atoms with E-state index in [9.17, 15) is 0 Å². The third-order valence-corrected chi connectivity index (χ3v) is 14.6. The van der Waals surface area contributed by atoms with E-state index in [1.165, 1.54) is 111 Å². The number of para-hydroxylation sites is 1. The molecule has 5 aromatic carbocycles. The molecule has 0 saturated heterocycles. The van der Waals surface area contributed by atoms with Crippen molar-refractivity contribution in [3.63, 3.8) is 0 Å². The fourth-order valence-corrected chi connectivity index (χ4v) is 11.9. The van der Waals surface area contributed by atoms with E-state index >= 15 is 0 Å². The molecule has 6 aromatic rings. The van der Waals surface area contributed by atoms with E-state index in [1.54, 1.807) is 0 Å². The number of benzene rings is 5. The molecule has 3 heterocycles. The normalized spacial score (nSPS) is 25.9. The zero-order chi connectivity index (χ0) is 35.3. The summed E-state index contributed by atoms with van der Waals surface area (Å²) in [4.78, 5) is 5.10. The van der Waals surface area contributed by atoms with Gasteiger partial charge in [0.2, 0.25) is 0 Å². The maximum absolute atomic E-state index is 7.12. The minimum absolute atomic E-state index is 0.000244. The molecule has 6 fully saturated rings. The van der Waals surface area contributed by atoms with Crippen LogP contribution in [0.4, 0.5) is 34.1 Å². The number of rotatable bonds is 4. The Morgan fingerprint density at radius 2 is 1.23 bits per heavy atom. The van der Waals surface area contributed by atoms with Crippen molar-refractivity contribution in [2.45, 2.75) is 83.5 Å². The molecule has 6 aliphatic carbocycles. The van der Waals surface area contributed by atoms with E-state index in [0.29, 0.717) is 5.92 Å². The predicted molar refractivity (Wildman–Crippen MR) is 221 cm³/mol. The summed E-state index contributed by atoms with van der Waals surface area (Å²) < 4.78 is 7.12. The van der Waals surface area contributed by atoms with Crippen LogP contribution in [0.2, 0.25) is 0 Å². The highest BCUT2D eigenvalue weighted by atomic mass is 16.3. The highest BCUT2D eigenvalue weighted by Crippen LogP contribution is 2.58. The summed E-state index contributed by atoms with van der Waals surface area (Å²) in [5.41, 5.74) is 17.9. The van der Waals surface area contributed by atoms with E-state index < -0.39 is 0 Å². The fourth-order valence-electron chi connectivity index (χ4n) is 11.9. The van der Waals surface area contributed by atoms with Gasteiger partial charge in [-0.05, 0) is 174 Å². The van der Waals surface area contributed by atoms with Crippen LogP contribution in [0.3, 0.4) is 0 Å². The van der Waals surface area contributed by atoms with Crippen LogP contribution in [0, 0.1) is 30.6 Å². The summed E-state index contributed by atoms with van der Waals surface area (Å²) in [5.74, 6) is 5.04. The molecule has 0 N–H and O–H groups in total. The van der Waals surface area contributed by atoms with Crippen LogP contribution in [-0.2, 0) is 5.41 Å². The van der Waals surface area contributed by atoms with E-state index in [1.807, 2.05) is 0 Å². The molecule has 0 spiro atoms. The van der Waals surface area contributed by atoms with Crippen LogP contribution in [0.1, 0.15) is 93.4 Å². The van der Waals surface area contributed by atoms with Gasteiger partial charge in [0.25, 0.3) is 6.71 Å². The van der Waals surface area contributed by atoms with Gasteiger partial charge < -0.3 is 14.2 Å². The van der Waals surface area contributed by atoms with E-state index in [0.717, 1.165) is 40.8 Å². The summed E-state index contributed by atoms with van der Waals surface area (Å²) in [6, 6.07) is 40.1. The molecule has 2 unspecified atom stereocenters. The Balaban J connectivity index is 1.10. The van der Waals surface area contributed by atoms with Gasteiger partial charge >= 0.3 is 0 Å². The molecule has 1 aromatic heterocycles. The van der Waals surface area contributed by atoms with Crippen molar-refractivity contribution >= 4 is 68.4 Å². The number of fused-ring (bicyclic) bond motifs is 8. The summed E-state index contributed by atoms with van der Waals surface area (Å²) in [5, 5.41) is 1.17. The van der Waals surface area contributed by atoms with Gasteiger partial charge in [0.05, 0.1) is 11.3 Å². The third kappa shape index (κ3) is 4.36. The first-order valence-corrected chi connectivity index (χ1v) is 20.4. The molecule has 2 atom stereocenters. The Labute approximate surface area is 314 Å². The molecular weight excluding hydrogens is 643 g/mol. The molecule has 3 nitrogen and oxygen atoms in total. The maximum Gasteiger partial charge on any atom is 0.297 e. The van der Waals surface area contributed by atoms with Crippen molar-refractivity contribution in [1.29, 1.82) is 0 Å². The lowest BCUT2D eigenvalue weighted by Gasteiger charge is -2.43. The highest BCUT2D eigenvalue weighted by Gasteiger charge is 2.49. The van der Waals surface area contributed by atoms with Gasteiger partial charge in [-0.25, -0.2) is 0 Å². The highest BCUT2D eigenvalue weighted by molar-refractivity contribution is 7.00. The lowest BCUT2D eigenvalue weighted by atomic mass is 9.35. The lowest BCUT2D eigenvalue weighted by Crippen LogP contribution is -2.61. The van der Waals surface area contributed by atoms with Crippen molar-refractivity contribution < 1.29 is 4.42 Å². The summed E-state index contributed by atoms with van der Waals surface area (Å²) >= 11 is 0. The van der Waals surface area contributed by atoms with Crippen LogP contribution in [0.5, 0.6) is 0 Å². The van der Waals surface area contributed by atoms with E-state index in [4.69, 9.17) is 4.42 Å². The Hall–Kier alpha value is -4.70. The fraction of sp³-hybridized carbons (Fsp3) is 0.347. The lowest BCUT2D eigenvalue weighted by molar-refractivity contribution is 0.294. The van der Waals surface area contributed by atoms with Gasteiger partial charge in [0.15, 0.2) is 0 Å². The van der Waals surface area contributed by atoms with Crippen LogP contribution in [-0.4, -0.2) is 6.71 Å². The molecule has 0 amide bonds. The first kappa shape index (κ1) is 30.7. The smallest absolute Gasteiger partial charge is 0.297 e. The minimum Gasteiger partial charge on any atom is -0.468 e. The van der Waals surface area contributed by atoms with Gasteiger partial charge in [-0.2, -0.15) is 0 Å². The second-order valence-electron chi connectivity index (χ2n) is 18.7. The standard InChI is InChI=1S/C49H47BN2O/c1-28-19-43-46-44(20-28)52(37-16-12-35(13-17-37)49(2,3)4)47-38-7-5-6-8-45(38)53-48(47)50(46)41-27-32(40-26-30-23-34(40)24-30)11-18-42(41)51(43)36-14-9-31(10-15-36)39-25-29-21-33(39)22-29/h5-20,27,29-30,33-34,39-40H,21-26H2,1-4H3. The van der Waals surface area contributed by atoms with Gasteiger partial charge in [-0.3, -0.25) is 0 Å². The molecule has 8 aliphatic rings. The molecule has 262 valence electrons. The summed E-state index contributed by atoms with van der Waals surface area (Å²) in [7, 11) is 0. The number of nitrogens with zero attached hydrogens (tertiary/aromatic N) is 2. The maximum atomic E-state index is 7.12. The summed E-state index contributed by atoms with van der Waals surface area (Å²) in [6.45, 7) is 9.16. The third-order valence-electron chi connectivity index (χ3n) is 14.6. The Morgan fingerprint density at radius 3 is 1.89 bits per heavy atom. The number of furan rings is 1. The van der Waals surface area contributed by atoms with Crippen LogP contribution >= 0.6 is 0 Å². The Bertz CT molecular complexity index is 2460. The average Bonchev–Trinajstić information content (AvgIpc) is 3.97. The van der Waals surface area contributed by atoms with Crippen LogP contribution in [0.15, 0.2) is 108 Å². The van der Waals surface area contributed by atoms with Crippen LogP contribution in [0.25, 0.3) is 11.0 Å². The van der Waals surface area contributed by atoms with Gasteiger partial charge in [0, 0.05) is 33.8 Å². The number of hydrogen-bond donors (Lipinski definition) is 0. The van der Waals surface area contributed by atoms with Gasteiger partial charge in [0.1, 0.15) is 5.58 Å². The predicted octanol–water partition coefficient (Wildman–Crippen LogP) is 11.1. The van der Waals surface area contributed by atoms with Crippen molar-refractivity contribution in [3.05, 3.63) is 125 Å². The van der Waals surface area contributed by atoms with Crippen molar-refractivity contribution in [2.75, 3.05) is 9.80 Å². The zero-order valence-corrected chi connectivity index (χ0v) is 31.4. The van der Waals surface area contributed by atoms with Crippen LogP contribution < -0.4 is 26.4 Å². The van der Waals surface area contributed by atoms with Crippen molar-refractivity contribution in [3.8, 4) is 0 Å². The molecule has 6 saturated carbocycles. The topological polar surface area (TPSA) is 19.6 Å². The van der Waals surface area contributed by atoms with E-state index in [2.05, 4.69) is 141 Å². The first-order valence-electron chi connectivity index (χ1n) is 20.4. The Kier molecular flexibility index (Phi) is 6.21. The van der Waals surface area contributed by atoms with Gasteiger partial charge in [-0.1, -0.05) is 69.3 Å². The van der Waals surface area contributed by atoms with E-state index in [-0.39, 0.29) is 12.1 Å². The molecule has 0 radical (unpaired) electrons. The molecule has 53 heavy (non-hydrogen) atoms. The average molecular weight is 691 g/mol. The minimum atomic E-state index is 0.000244. The second-order valence-corrected chi connectivity index (χ2v) is 18.7. The second kappa shape index (κ2) is 10.7. The first-order chi connectivity index (χ1) is 25.8. The molecule has 14 rings (SSSR count). The van der Waals surface area contributed by atoms with Crippen molar-refractivity contribution in [2.24, 2.45) is 23.7 Å². The monoisotopic (exact) mass is 690 g/mol. The SMILES string of the molecule is Cc1cc2c3c(c1)N(c1ccc(C(C)(C)C)cc1)c1c(oc4ccccc14)B3c1cc(C3CC4CC3C4)ccc1N2c1ccc(C2CC3CC2C3)cc1. The molecule has 4 bridgehead atoms. The number of aryl methyl sites for hydroxylation is 1. The largest absolute Gasteiger partial charge is 0.468 e. The molecule has 4 heteroatoms.